The van der Waals surface area contributed by atoms with Gasteiger partial charge in [-0.2, -0.15) is 5.26 Å². The molecule has 0 amide bonds. The molecule has 2 aromatic carbocycles. The second kappa shape index (κ2) is 8.45. The molecule has 0 saturated carbocycles. The zero-order valence-corrected chi connectivity index (χ0v) is 20.6. The monoisotopic (exact) mass is 430 g/mol. The van der Waals surface area contributed by atoms with Crippen molar-refractivity contribution >= 4 is 11.4 Å². The van der Waals surface area contributed by atoms with Crippen molar-refractivity contribution in [2.24, 2.45) is 0 Å². The van der Waals surface area contributed by atoms with E-state index in [4.69, 9.17) is 5.26 Å². The molecule has 0 radical (unpaired) electrons. The van der Waals surface area contributed by atoms with Crippen LogP contribution in [0.4, 0.5) is 11.4 Å². The normalized spacial score (nSPS) is 27.3. The Hall–Kier alpha value is -2.51. The first-order chi connectivity index (χ1) is 15.3. The van der Waals surface area contributed by atoms with E-state index in [1.807, 2.05) is 0 Å². The van der Waals surface area contributed by atoms with E-state index in [1.54, 1.807) is 5.56 Å². The number of aryl methyl sites for hydroxylation is 2. The molecule has 4 nitrogen and oxygen atoms in total. The van der Waals surface area contributed by atoms with Gasteiger partial charge < -0.3 is 9.80 Å². The minimum Gasteiger partial charge on any atom is -0.373 e. The Labute approximate surface area is 194 Å². The van der Waals surface area contributed by atoms with Crippen molar-refractivity contribution in [2.45, 2.75) is 70.4 Å². The van der Waals surface area contributed by atoms with Crippen LogP contribution in [-0.4, -0.2) is 33.4 Å². The van der Waals surface area contributed by atoms with Crippen LogP contribution in [0.2, 0.25) is 0 Å². The maximum absolute atomic E-state index is 8.96. The van der Waals surface area contributed by atoms with Crippen LogP contribution in [0.3, 0.4) is 0 Å². The Morgan fingerprint density at radius 3 is 2.25 bits per heavy atom. The highest BCUT2D eigenvalue weighted by atomic mass is 15.3. The third kappa shape index (κ3) is 3.57. The third-order valence-corrected chi connectivity index (χ3v) is 8.02. The van der Waals surface area contributed by atoms with Crippen molar-refractivity contribution in [3.63, 3.8) is 0 Å². The summed E-state index contributed by atoms with van der Waals surface area (Å²) >= 11 is 0. The molecule has 0 spiro atoms. The average Bonchev–Trinajstić information content (AvgIpc) is 3.37. The Morgan fingerprint density at radius 2 is 1.62 bits per heavy atom. The van der Waals surface area contributed by atoms with Gasteiger partial charge in [0.05, 0.1) is 12.2 Å². The van der Waals surface area contributed by atoms with Crippen LogP contribution in [0.25, 0.3) is 0 Å². The number of hydrogen-bond acceptors (Lipinski definition) is 4. The summed E-state index contributed by atoms with van der Waals surface area (Å²) in [6.45, 7) is 11.1. The molecule has 0 bridgehead atoms. The number of rotatable bonds is 3. The summed E-state index contributed by atoms with van der Waals surface area (Å²) in [4.78, 5) is 4.66. The molecular weight excluding hydrogens is 392 g/mol. The molecule has 3 aliphatic rings. The van der Waals surface area contributed by atoms with Gasteiger partial charge in [-0.3, -0.25) is 5.32 Å². The van der Waals surface area contributed by atoms with E-state index in [9.17, 15) is 0 Å². The van der Waals surface area contributed by atoms with E-state index in [2.05, 4.69) is 99.4 Å². The number of nitrogens with zero attached hydrogens (tertiary/aromatic N) is 3. The van der Waals surface area contributed by atoms with Crippen LogP contribution in [0.1, 0.15) is 62.8 Å². The zero-order valence-electron chi connectivity index (χ0n) is 20.6. The predicted octanol–water partition coefficient (Wildman–Crippen LogP) is 5.15. The number of likely N-dealkylation sites (N-methyl/N-ethyl adjacent to an activating group) is 2. The Bertz CT molecular complexity index is 1040. The van der Waals surface area contributed by atoms with Crippen molar-refractivity contribution in [3.8, 4) is 6.07 Å². The third-order valence-electron chi connectivity index (χ3n) is 8.02. The molecular formula is C28H38N4. The van der Waals surface area contributed by atoms with Gasteiger partial charge in [-0.15, -0.1) is 0 Å². The van der Waals surface area contributed by atoms with Gasteiger partial charge >= 0.3 is 0 Å². The molecule has 170 valence electrons. The van der Waals surface area contributed by atoms with Gasteiger partial charge in [0, 0.05) is 49.3 Å². The van der Waals surface area contributed by atoms with Crippen LogP contribution in [0, 0.1) is 11.3 Å². The van der Waals surface area contributed by atoms with E-state index in [1.165, 1.54) is 34.5 Å². The molecule has 3 atom stereocenters. The first kappa shape index (κ1) is 22.7. The Morgan fingerprint density at radius 1 is 1.00 bits per heavy atom. The van der Waals surface area contributed by atoms with Crippen molar-refractivity contribution < 1.29 is 0 Å². The van der Waals surface area contributed by atoms with E-state index < -0.39 is 0 Å². The first-order valence-electron chi connectivity index (χ1n) is 12.1. The van der Waals surface area contributed by atoms with Crippen molar-refractivity contribution in [1.29, 1.82) is 5.26 Å². The molecule has 1 N–H and O–H groups in total. The van der Waals surface area contributed by atoms with E-state index in [0.717, 1.165) is 25.9 Å². The van der Waals surface area contributed by atoms with Gasteiger partial charge in [-0.05, 0) is 60.2 Å². The smallest absolute Gasteiger partial charge is 0.0889 e. The Balaban J connectivity index is 0.000000153. The van der Waals surface area contributed by atoms with Crippen molar-refractivity contribution in [2.75, 3.05) is 37.0 Å². The molecule has 1 unspecified atom stereocenters. The first-order valence-corrected chi connectivity index (χ1v) is 12.1. The molecule has 4 heteroatoms. The van der Waals surface area contributed by atoms with Gasteiger partial charge in [-0.1, -0.05) is 52.0 Å². The quantitative estimate of drug-likeness (QED) is 0.732. The second-order valence-corrected chi connectivity index (χ2v) is 10.3. The Kier molecular flexibility index (Phi) is 5.98. The maximum atomic E-state index is 8.96. The molecule has 5 rings (SSSR count). The molecule has 3 heterocycles. The SMILES string of the molecule is CCc1ccc2c(c1)[C@](C)(CC#N)CN2C.CCc1ccc2c(c1)[C@]1(C)CCNC1N2C. The number of hydrogen-bond donors (Lipinski definition) is 1. The lowest BCUT2D eigenvalue weighted by molar-refractivity contribution is 0.431. The molecule has 0 aliphatic carbocycles. The second-order valence-electron chi connectivity index (χ2n) is 10.3. The van der Waals surface area contributed by atoms with Crippen LogP contribution >= 0.6 is 0 Å². The van der Waals surface area contributed by atoms with Crippen molar-refractivity contribution in [1.82, 2.24) is 5.32 Å². The van der Waals surface area contributed by atoms with E-state index in [0.29, 0.717) is 18.0 Å². The number of nitrogens with one attached hydrogen (secondary N) is 1. The zero-order chi connectivity index (χ0) is 23.1. The molecule has 32 heavy (non-hydrogen) atoms. The van der Waals surface area contributed by atoms with Gasteiger partial charge in [0.25, 0.3) is 0 Å². The fourth-order valence-corrected chi connectivity index (χ4v) is 6.02. The van der Waals surface area contributed by atoms with E-state index >= 15 is 0 Å². The number of benzene rings is 2. The van der Waals surface area contributed by atoms with Crippen molar-refractivity contribution in [3.05, 3.63) is 58.7 Å². The summed E-state index contributed by atoms with van der Waals surface area (Å²) in [5.41, 5.74) is 8.73. The van der Waals surface area contributed by atoms with Gasteiger partial charge in [-0.25, -0.2) is 0 Å². The summed E-state index contributed by atoms with van der Waals surface area (Å²) in [5.74, 6) is 0. The maximum Gasteiger partial charge on any atom is 0.0889 e. The highest BCUT2D eigenvalue weighted by Crippen LogP contribution is 2.48. The van der Waals surface area contributed by atoms with Crippen LogP contribution < -0.4 is 15.1 Å². The molecule has 0 aromatic heterocycles. The largest absolute Gasteiger partial charge is 0.373 e. The van der Waals surface area contributed by atoms with Gasteiger partial charge in [0.2, 0.25) is 0 Å². The minimum atomic E-state index is 0.00398. The standard InChI is InChI=1S/C14H20N2.C14H18N2/c1-4-10-5-6-12-11(9-10)14(2)7-8-15-13(14)16(12)3;1-4-11-5-6-13-12(9-11)14(2,7-8-15)10-16(13)3/h5-6,9,13,15H,4,7-8H2,1-3H3;5-6,9H,4,7,10H2,1-3H3/t13?,14-;14-/m01/s1. The fourth-order valence-electron chi connectivity index (χ4n) is 6.02. The molecule has 3 aliphatic heterocycles. The van der Waals surface area contributed by atoms with E-state index in [-0.39, 0.29) is 5.41 Å². The van der Waals surface area contributed by atoms with Gasteiger partial charge in [0.15, 0.2) is 0 Å². The number of nitriles is 1. The highest BCUT2D eigenvalue weighted by Gasteiger charge is 2.49. The van der Waals surface area contributed by atoms with Crippen LogP contribution in [0.5, 0.6) is 0 Å². The minimum absolute atomic E-state index is 0.00398. The summed E-state index contributed by atoms with van der Waals surface area (Å²) in [6.07, 6.45) is 4.53. The van der Waals surface area contributed by atoms with Gasteiger partial charge in [0.1, 0.15) is 0 Å². The summed E-state index contributed by atoms with van der Waals surface area (Å²) in [6, 6.07) is 15.9. The van der Waals surface area contributed by atoms with Crippen LogP contribution in [-0.2, 0) is 23.7 Å². The lowest BCUT2D eigenvalue weighted by Crippen LogP contribution is -2.44. The molecule has 1 saturated heterocycles. The summed E-state index contributed by atoms with van der Waals surface area (Å²) in [7, 11) is 4.31. The topological polar surface area (TPSA) is 42.3 Å². The molecule has 1 fully saturated rings. The lowest BCUT2D eigenvalue weighted by Gasteiger charge is -2.27. The summed E-state index contributed by atoms with van der Waals surface area (Å²) in [5, 5.41) is 12.6. The predicted molar refractivity (Wildman–Crippen MR) is 135 cm³/mol. The summed E-state index contributed by atoms with van der Waals surface area (Å²) < 4.78 is 0. The number of anilines is 2. The molecule has 2 aromatic rings. The fraction of sp³-hybridized carbons (Fsp3) is 0.536. The average molecular weight is 431 g/mol. The van der Waals surface area contributed by atoms with Crippen LogP contribution in [0.15, 0.2) is 36.4 Å². The number of fused-ring (bicyclic) bond motifs is 4. The highest BCUT2D eigenvalue weighted by molar-refractivity contribution is 5.65. The lowest BCUT2D eigenvalue weighted by atomic mass is 9.81.